The summed E-state index contributed by atoms with van der Waals surface area (Å²) in [7, 11) is 4.14. The van der Waals surface area contributed by atoms with Crippen molar-refractivity contribution in [2.75, 3.05) is 25.5 Å². The van der Waals surface area contributed by atoms with Gasteiger partial charge in [-0.3, -0.25) is 0 Å². The van der Waals surface area contributed by atoms with Crippen LogP contribution in [0.15, 0.2) is 12.3 Å². The maximum Gasteiger partial charge on any atom is 0.131 e. The zero-order valence-electron chi connectivity index (χ0n) is 11.9. The van der Waals surface area contributed by atoms with Gasteiger partial charge < -0.3 is 10.2 Å². The Bertz CT molecular complexity index is 383. The summed E-state index contributed by atoms with van der Waals surface area (Å²) in [6.45, 7) is 4.20. The van der Waals surface area contributed by atoms with Gasteiger partial charge in [0.1, 0.15) is 5.82 Å². The molecule has 18 heavy (non-hydrogen) atoms. The Labute approximate surface area is 111 Å². The summed E-state index contributed by atoms with van der Waals surface area (Å²) >= 11 is 0. The summed E-state index contributed by atoms with van der Waals surface area (Å²) in [4.78, 5) is 6.95. The quantitative estimate of drug-likeness (QED) is 0.867. The molecule has 2 rings (SSSR count). The van der Waals surface area contributed by atoms with Crippen LogP contribution in [0.4, 0.5) is 5.82 Å². The Morgan fingerprint density at radius 3 is 2.72 bits per heavy atom. The van der Waals surface area contributed by atoms with Gasteiger partial charge in [-0.05, 0) is 49.9 Å². The van der Waals surface area contributed by atoms with E-state index in [1.54, 1.807) is 0 Å². The monoisotopic (exact) mass is 247 g/mol. The fourth-order valence-corrected chi connectivity index (χ4v) is 2.99. The molecule has 1 heterocycles. The average Bonchev–Trinajstić information content (AvgIpc) is 2.82. The van der Waals surface area contributed by atoms with Gasteiger partial charge in [-0.25, -0.2) is 4.98 Å². The highest BCUT2D eigenvalue weighted by molar-refractivity contribution is 5.46. The van der Waals surface area contributed by atoms with Crippen molar-refractivity contribution >= 4 is 5.82 Å². The van der Waals surface area contributed by atoms with E-state index in [9.17, 15) is 0 Å². The fourth-order valence-electron chi connectivity index (χ4n) is 2.99. The van der Waals surface area contributed by atoms with Crippen molar-refractivity contribution in [3.05, 3.63) is 23.4 Å². The molecular weight excluding hydrogens is 222 g/mol. The van der Waals surface area contributed by atoms with Gasteiger partial charge in [0.15, 0.2) is 0 Å². The van der Waals surface area contributed by atoms with Crippen molar-refractivity contribution in [2.45, 2.75) is 39.2 Å². The number of hydrogen-bond acceptors (Lipinski definition) is 3. The van der Waals surface area contributed by atoms with E-state index in [0.717, 1.165) is 24.8 Å². The van der Waals surface area contributed by atoms with Crippen molar-refractivity contribution in [3.63, 3.8) is 0 Å². The van der Waals surface area contributed by atoms with E-state index in [0.29, 0.717) is 0 Å². The van der Waals surface area contributed by atoms with Gasteiger partial charge in [-0.1, -0.05) is 12.8 Å². The lowest BCUT2D eigenvalue weighted by Crippen LogP contribution is -2.25. The normalized spacial score (nSPS) is 16.2. The zero-order chi connectivity index (χ0) is 13.0. The number of hydrogen-bond donors (Lipinski definition) is 1. The first-order valence-electron chi connectivity index (χ1n) is 7.02. The Balaban J connectivity index is 2.02. The molecule has 0 aromatic carbocycles. The van der Waals surface area contributed by atoms with Crippen molar-refractivity contribution < 1.29 is 0 Å². The standard InChI is InChI=1S/C15H25N3/c1-12-8-14(9-16-2)10-17-15(12)18(3)11-13-6-4-5-7-13/h8,10,13,16H,4-7,9,11H2,1-3H3. The molecule has 3 heteroatoms. The molecule has 1 aliphatic rings. The van der Waals surface area contributed by atoms with E-state index >= 15 is 0 Å². The predicted molar refractivity (Wildman–Crippen MR) is 77.0 cm³/mol. The van der Waals surface area contributed by atoms with Gasteiger partial charge in [0.25, 0.3) is 0 Å². The Morgan fingerprint density at radius 1 is 1.39 bits per heavy atom. The molecule has 100 valence electrons. The highest BCUT2D eigenvalue weighted by Gasteiger charge is 2.18. The number of anilines is 1. The van der Waals surface area contributed by atoms with Crippen LogP contribution in [0.25, 0.3) is 0 Å². The van der Waals surface area contributed by atoms with Crippen molar-refractivity contribution in [1.29, 1.82) is 0 Å². The molecule has 0 spiro atoms. The molecule has 0 amide bonds. The number of nitrogens with zero attached hydrogens (tertiary/aromatic N) is 2. The molecule has 0 saturated heterocycles. The largest absolute Gasteiger partial charge is 0.359 e. The maximum atomic E-state index is 4.62. The second-order valence-corrected chi connectivity index (χ2v) is 5.55. The smallest absolute Gasteiger partial charge is 0.131 e. The molecule has 1 aromatic heterocycles. The van der Waals surface area contributed by atoms with E-state index in [1.165, 1.54) is 36.8 Å². The predicted octanol–water partition coefficient (Wildman–Crippen LogP) is 2.74. The van der Waals surface area contributed by atoms with E-state index in [-0.39, 0.29) is 0 Å². The number of aromatic nitrogens is 1. The SMILES string of the molecule is CNCc1cnc(N(C)CC2CCCC2)c(C)c1. The first-order valence-corrected chi connectivity index (χ1v) is 7.02. The molecule has 0 unspecified atom stereocenters. The first-order chi connectivity index (χ1) is 8.70. The van der Waals surface area contributed by atoms with Gasteiger partial charge in [-0.2, -0.15) is 0 Å². The van der Waals surface area contributed by atoms with Crippen LogP contribution in [0.3, 0.4) is 0 Å². The summed E-state index contributed by atoms with van der Waals surface area (Å²) in [5.41, 5.74) is 2.54. The number of rotatable bonds is 5. The number of pyridine rings is 1. The van der Waals surface area contributed by atoms with E-state index < -0.39 is 0 Å². The van der Waals surface area contributed by atoms with Crippen LogP contribution in [0.1, 0.15) is 36.8 Å². The molecular formula is C15H25N3. The van der Waals surface area contributed by atoms with Gasteiger partial charge in [0, 0.05) is 26.3 Å². The van der Waals surface area contributed by atoms with Crippen LogP contribution in [-0.4, -0.2) is 25.6 Å². The van der Waals surface area contributed by atoms with Crippen molar-refractivity contribution in [2.24, 2.45) is 5.92 Å². The van der Waals surface area contributed by atoms with Crippen LogP contribution in [0.5, 0.6) is 0 Å². The topological polar surface area (TPSA) is 28.2 Å². The second kappa shape index (κ2) is 6.19. The Kier molecular flexibility index (Phi) is 4.59. The molecule has 0 aliphatic heterocycles. The second-order valence-electron chi connectivity index (χ2n) is 5.55. The lowest BCUT2D eigenvalue weighted by atomic mass is 10.1. The summed E-state index contributed by atoms with van der Waals surface area (Å²) in [5, 5.41) is 3.17. The molecule has 1 saturated carbocycles. The van der Waals surface area contributed by atoms with Gasteiger partial charge in [-0.15, -0.1) is 0 Å². The summed E-state index contributed by atoms with van der Waals surface area (Å²) in [5.74, 6) is 2.01. The fraction of sp³-hybridized carbons (Fsp3) is 0.667. The Hall–Kier alpha value is -1.09. The molecule has 0 bridgehead atoms. The molecule has 1 aromatic rings. The summed E-state index contributed by atoms with van der Waals surface area (Å²) in [6.07, 6.45) is 7.59. The minimum Gasteiger partial charge on any atom is -0.359 e. The highest BCUT2D eigenvalue weighted by Crippen LogP contribution is 2.27. The minimum atomic E-state index is 0.869. The Morgan fingerprint density at radius 2 is 2.11 bits per heavy atom. The lowest BCUT2D eigenvalue weighted by Gasteiger charge is -2.23. The first kappa shape index (κ1) is 13.3. The van der Waals surface area contributed by atoms with Crippen LogP contribution in [0, 0.1) is 12.8 Å². The number of nitrogens with one attached hydrogen (secondary N) is 1. The molecule has 1 fully saturated rings. The average molecular weight is 247 g/mol. The maximum absolute atomic E-state index is 4.62. The van der Waals surface area contributed by atoms with Crippen molar-refractivity contribution in [1.82, 2.24) is 10.3 Å². The van der Waals surface area contributed by atoms with Crippen LogP contribution in [-0.2, 0) is 6.54 Å². The van der Waals surface area contributed by atoms with E-state index in [1.807, 2.05) is 13.2 Å². The highest BCUT2D eigenvalue weighted by atomic mass is 15.2. The molecule has 0 radical (unpaired) electrons. The molecule has 3 nitrogen and oxygen atoms in total. The lowest BCUT2D eigenvalue weighted by molar-refractivity contribution is 0.544. The number of aryl methyl sites for hydroxylation is 1. The van der Waals surface area contributed by atoms with Crippen LogP contribution < -0.4 is 10.2 Å². The molecule has 1 N–H and O–H groups in total. The van der Waals surface area contributed by atoms with Gasteiger partial charge >= 0.3 is 0 Å². The molecule has 1 aliphatic carbocycles. The molecule has 0 atom stereocenters. The van der Waals surface area contributed by atoms with Gasteiger partial charge in [0.2, 0.25) is 0 Å². The van der Waals surface area contributed by atoms with Crippen LogP contribution >= 0.6 is 0 Å². The van der Waals surface area contributed by atoms with E-state index in [2.05, 4.69) is 35.2 Å². The third-order valence-corrected chi connectivity index (χ3v) is 3.86. The third kappa shape index (κ3) is 3.22. The summed E-state index contributed by atoms with van der Waals surface area (Å²) in [6, 6.07) is 2.24. The van der Waals surface area contributed by atoms with Crippen LogP contribution in [0.2, 0.25) is 0 Å². The zero-order valence-corrected chi connectivity index (χ0v) is 11.9. The third-order valence-electron chi connectivity index (χ3n) is 3.86. The summed E-state index contributed by atoms with van der Waals surface area (Å²) < 4.78 is 0. The van der Waals surface area contributed by atoms with Gasteiger partial charge in [0.05, 0.1) is 0 Å². The van der Waals surface area contributed by atoms with E-state index in [4.69, 9.17) is 0 Å². The van der Waals surface area contributed by atoms with Crippen molar-refractivity contribution in [3.8, 4) is 0 Å². The minimum absolute atomic E-state index is 0.869.